The van der Waals surface area contributed by atoms with Gasteiger partial charge in [-0.05, 0) is 33.0 Å². The zero-order valence-corrected chi connectivity index (χ0v) is 13.6. The van der Waals surface area contributed by atoms with Crippen molar-refractivity contribution in [2.24, 2.45) is 0 Å². The number of likely N-dealkylation sites (N-methyl/N-ethyl adjacent to an activating group) is 1. The number of nitrogens with one attached hydrogen (secondary N) is 1. The highest BCUT2D eigenvalue weighted by atomic mass is 32.2. The van der Waals surface area contributed by atoms with E-state index in [4.69, 9.17) is 5.11 Å². The van der Waals surface area contributed by atoms with Crippen LogP contribution in [0.3, 0.4) is 0 Å². The molecule has 1 aromatic rings. The van der Waals surface area contributed by atoms with Crippen LogP contribution in [0.4, 0.5) is 0 Å². The van der Waals surface area contributed by atoms with E-state index in [1.807, 2.05) is 14.1 Å². The molecular formula is C13H22N2O3S2. The molecule has 0 atom stereocenters. The Bertz CT molecular complexity index is 546. The molecule has 2 N–H and O–H groups in total. The van der Waals surface area contributed by atoms with Gasteiger partial charge in [-0.25, -0.2) is 13.1 Å². The molecule has 0 radical (unpaired) electrons. The Morgan fingerprint density at radius 2 is 2.05 bits per heavy atom. The summed E-state index contributed by atoms with van der Waals surface area (Å²) in [4.78, 5) is 3.04. The van der Waals surface area contributed by atoms with Gasteiger partial charge in [0.2, 0.25) is 10.0 Å². The van der Waals surface area contributed by atoms with Gasteiger partial charge in [-0.15, -0.1) is 11.3 Å². The van der Waals surface area contributed by atoms with Crippen LogP contribution in [0, 0.1) is 0 Å². The van der Waals surface area contributed by atoms with E-state index in [2.05, 4.69) is 9.62 Å². The van der Waals surface area contributed by atoms with Crippen molar-refractivity contribution in [1.29, 1.82) is 0 Å². The van der Waals surface area contributed by atoms with Crippen LogP contribution in [0.1, 0.15) is 30.6 Å². The molecule has 7 heteroatoms. The van der Waals surface area contributed by atoms with Crippen molar-refractivity contribution in [3.8, 4) is 0 Å². The summed E-state index contributed by atoms with van der Waals surface area (Å²) in [5.41, 5.74) is -0.0666. The lowest BCUT2D eigenvalue weighted by atomic mass is 9.97. The minimum Gasteiger partial charge on any atom is -0.391 e. The average Bonchev–Trinajstić information content (AvgIpc) is 3.06. The van der Waals surface area contributed by atoms with E-state index >= 15 is 0 Å². The second kappa shape index (κ2) is 6.11. The van der Waals surface area contributed by atoms with Crippen molar-refractivity contribution in [3.05, 3.63) is 16.3 Å². The van der Waals surface area contributed by atoms with E-state index < -0.39 is 10.0 Å². The lowest BCUT2D eigenvalue weighted by Gasteiger charge is -2.36. The zero-order valence-electron chi connectivity index (χ0n) is 11.9. The predicted octanol–water partition coefficient (Wildman–Crippen LogP) is 1.39. The number of thiophene rings is 1. The van der Waals surface area contributed by atoms with Gasteiger partial charge < -0.3 is 10.0 Å². The SMILES string of the molecule is CN(C)C1(CNS(=O)(=O)c2csc(CO)c2)CCCC1. The van der Waals surface area contributed by atoms with Crippen molar-refractivity contribution >= 4 is 21.4 Å². The smallest absolute Gasteiger partial charge is 0.241 e. The number of nitrogens with zero attached hydrogens (tertiary/aromatic N) is 1. The number of rotatable bonds is 6. The summed E-state index contributed by atoms with van der Waals surface area (Å²) in [6, 6.07) is 1.53. The van der Waals surface area contributed by atoms with Gasteiger partial charge in [-0.2, -0.15) is 0 Å². The number of hydrogen-bond acceptors (Lipinski definition) is 5. The van der Waals surface area contributed by atoms with Crippen LogP contribution in [-0.2, 0) is 16.6 Å². The van der Waals surface area contributed by atoms with Gasteiger partial charge in [-0.3, -0.25) is 0 Å². The van der Waals surface area contributed by atoms with Gasteiger partial charge in [0.15, 0.2) is 0 Å². The first-order chi connectivity index (χ1) is 9.39. The van der Waals surface area contributed by atoms with Crippen molar-refractivity contribution in [2.45, 2.75) is 42.7 Å². The number of sulfonamides is 1. The summed E-state index contributed by atoms with van der Waals surface area (Å²) >= 11 is 1.26. The van der Waals surface area contributed by atoms with Crippen molar-refractivity contribution in [1.82, 2.24) is 9.62 Å². The maximum Gasteiger partial charge on any atom is 0.241 e. The molecule has 1 aliphatic carbocycles. The fourth-order valence-corrected chi connectivity index (χ4v) is 4.97. The fraction of sp³-hybridized carbons (Fsp3) is 0.692. The number of hydrogen-bond donors (Lipinski definition) is 2. The lowest BCUT2D eigenvalue weighted by molar-refractivity contribution is 0.162. The van der Waals surface area contributed by atoms with Crippen LogP contribution >= 0.6 is 11.3 Å². The number of aliphatic hydroxyl groups is 1. The molecule has 20 heavy (non-hydrogen) atoms. The lowest BCUT2D eigenvalue weighted by Crippen LogP contribution is -2.50. The Labute approximate surface area is 124 Å². The second-order valence-corrected chi connectivity index (χ2v) is 8.32. The van der Waals surface area contributed by atoms with Crippen LogP contribution < -0.4 is 4.72 Å². The zero-order chi connectivity index (χ0) is 14.8. The molecular weight excluding hydrogens is 296 g/mol. The highest BCUT2D eigenvalue weighted by Crippen LogP contribution is 2.33. The predicted molar refractivity (Wildman–Crippen MR) is 80.3 cm³/mol. The van der Waals surface area contributed by atoms with Crippen molar-refractivity contribution in [2.75, 3.05) is 20.6 Å². The molecule has 0 unspecified atom stereocenters. The third-order valence-corrected chi connectivity index (χ3v) is 6.62. The van der Waals surface area contributed by atoms with E-state index in [-0.39, 0.29) is 17.0 Å². The third kappa shape index (κ3) is 3.23. The molecule has 1 aromatic heterocycles. The van der Waals surface area contributed by atoms with Crippen LogP contribution in [0.25, 0.3) is 0 Å². The minimum atomic E-state index is -3.49. The molecule has 0 amide bonds. The molecule has 1 saturated carbocycles. The highest BCUT2D eigenvalue weighted by Gasteiger charge is 2.37. The second-order valence-electron chi connectivity index (χ2n) is 5.56. The van der Waals surface area contributed by atoms with E-state index in [1.54, 1.807) is 5.38 Å². The summed E-state index contributed by atoms with van der Waals surface area (Å²) < 4.78 is 27.3. The van der Waals surface area contributed by atoms with Crippen LogP contribution in [0.2, 0.25) is 0 Å². The maximum atomic E-state index is 12.3. The van der Waals surface area contributed by atoms with Crippen LogP contribution in [0.15, 0.2) is 16.3 Å². The Morgan fingerprint density at radius 3 is 2.55 bits per heavy atom. The van der Waals surface area contributed by atoms with Gasteiger partial charge >= 0.3 is 0 Å². The molecule has 0 saturated heterocycles. The topological polar surface area (TPSA) is 69.6 Å². The molecule has 2 rings (SSSR count). The maximum absolute atomic E-state index is 12.3. The normalized spacial score (nSPS) is 18.8. The molecule has 0 spiro atoms. The Balaban J connectivity index is 2.08. The Hall–Kier alpha value is -0.470. The molecule has 1 heterocycles. The molecule has 114 valence electrons. The summed E-state index contributed by atoms with van der Waals surface area (Å²) in [7, 11) is 0.530. The largest absolute Gasteiger partial charge is 0.391 e. The first kappa shape index (κ1) is 15.9. The molecule has 1 aliphatic rings. The fourth-order valence-electron chi connectivity index (χ4n) is 2.71. The summed E-state index contributed by atoms with van der Waals surface area (Å²) in [6.07, 6.45) is 4.34. The third-order valence-electron chi connectivity index (χ3n) is 4.17. The van der Waals surface area contributed by atoms with Gasteiger partial charge in [0.05, 0.1) is 11.5 Å². The summed E-state index contributed by atoms with van der Waals surface area (Å²) in [5, 5.41) is 10.6. The van der Waals surface area contributed by atoms with Gasteiger partial charge in [0.25, 0.3) is 0 Å². The van der Waals surface area contributed by atoms with Crippen LogP contribution in [0.5, 0.6) is 0 Å². The van der Waals surface area contributed by atoms with Gasteiger partial charge in [0.1, 0.15) is 0 Å². The number of aliphatic hydroxyl groups excluding tert-OH is 1. The van der Waals surface area contributed by atoms with E-state index in [9.17, 15) is 8.42 Å². The quantitative estimate of drug-likeness (QED) is 0.832. The highest BCUT2D eigenvalue weighted by molar-refractivity contribution is 7.89. The Kier molecular flexibility index (Phi) is 4.86. The first-order valence-corrected chi connectivity index (χ1v) is 9.11. The van der Waals surface area contributed by atoms with E-state index in [1.165, 1.54) is 17.4 Å². The van der Waals surface area contributed by atoms with Crippen molar-refractivity contribution in [3.63, 3.8) is 0 Å². The van der Waals surface area contributed by atoms with E-state index in [0.717, 1.165) is 25.7 Å². The standard InChI is InChI=1S/C13H22N2O3S2/c1-15(2)13(5-3-4-6-13)10-14-20(17,18)12-7-11(8-16)19-9-12/h7,9,14,16H,3-6,8,10H2,1-2H3. The molecule has 0 aromatic carbocycles. The van der Waals surface area contributed by atoms with Crippen molar-refractivity contribution < 1.29 is 13.5 Å². The molecule has 5 nitrogen and oxygen atoms in total. The van der Waals surface area contributed by atoms with Crippen LogP contribution in [-0.4, -0.2) is 44.6 Å². The molecule has 0 bridgehead atoms. The first-order valence-electron chi connectivity index (χ1n) is 6.75. The average molecular weight is 318 g/mol. The molecule has 0 aliphatic heterocycles. The van der Waals surface area contributed by atoms with Gasteiger partial charge in [0, 0.05) is 22.3 Å². The monoisotopic (exact) mass is 318 g/mol. The Morgan fingerprint density at radius 1 is 1.40 bits per heavy atom. The molecule has 1 fully saturated rings. The summed E-state index contributed by atoms with van der Waals surface area (Å²) in [6.45, 7) is 0.314. The van der Waals surface area contributed by atoms with Gasteiger partial charge in [-0.1, -0.05) is 12.8 Å². The summed E-state index contributed by atoms with van der Waals surface area (Å²) in [5.74, 6) is 0. The minimum absolute atomic E-state index is 0.0666. The van der Waals surface area contributed by atoms with E-state index in [0.29, 0.717) is 11.4 Å².